The number of nitrogens with zero attached hydrogens (tertiary/aromatic N) is 3. The van der Waals surface area contributed by atoms with Gasteiger partial charge in [0.05, 0.1) is 5.71 Å². The van der Waals surface area contributed by atoms with E-state index in [1.54, 1.807) is 12.4 Å². The summed E-state index contributed by atoms with van der Waals surface area (Å²) in [6, 6.07) is 14.2. The molecular weight excluding hydrogens is 222 g/mol. The second-order valence-electron chi connectivity index (χ2n) is 4.04. The van der Waals surface area contributed by atoms with E-state index in [9.17, 15) is 0 Å². The van der Waals surface area contributed by atoms with E-state index < -0.39 is 0 Å². The molecule has 1 aliphatic rings. The molecule has 0 unspecified atom stereocenters. The van der Waals surface area contributed by atoms with Gasteiger partial charge >= 0.3 is 0 Å². The number of aliphatic imine (C=N–C) groups is 1. The van der Waals surface area contributed by atoms with E-state index in [1.165, 1.54) is 0 Å². The van der Waals surface area contributed by atoms with Gasteiger partial charge in [-0.15, -0.1) is 0 Å². The Bertz CT molecular complexity index is 573. The van der Waals surface area contributed by atoms with Crippen LogP contribution in [0.2, 0.25) is 0 Å². The molecule has 0 amide bonds. The van der Waals surface area contributed by atoms with Crippen molar-refractivity contribution in [1.82, 2.24) is 4.98 Å². The molecule has 0 spiro atoms. The Morgan fingerprint density at radius 3 is 2.39 bits per heavy atom. The van der Waals surface area contributed by atoms with Crippen LogP contribution in [0.1, 0.15) is 5.56 Å². The van der Waals surface area contributed by atoms with Crippen LogP contribution in [0.4, 0.5) is 5.69 Å². The summed E-state index contributed by atoms with van der Waals surface area (Å²) >= 11 is 0. The van der Waals surface area contributed by atoms with Gasteiger partial charge < -0.3 is 4.90 Å². The van der Waals surface area contributed by atoms with E-state index in [0.717, 1.165) is 17.0 Å². The van der Waals surface area contributed by atoms with E-state index in [1.807, 2.05) is 36.4 Å². The minimum absolute atomic E-state index is 0.651. The maximum atomic E-state index is 4.59. The van der Waals surface area contributed by atoms with Crippen LogP contribution in [0, 0.1) is 0 Å². The van der Waals surface area contributed by atoms with Gasteiger partial charge in [0.1, 0.15) is 6.67 Å². The first kappa shape index (κ1) is 10.7. The molecule has 0 atom stereocenters. The maximum Gasteiger partial charge on any atom is 0.115 e. The number of hydrogen-bond acceptors (Lipinski definition) is 3. The molecule has 0 aliphatic carbocycles. The Labute approximate surface area is 106 Å². The summed E-state index contributed by atoms with van der Waals surface area (Å²) in [4.78, 5) is 10.7. The molecule has 0 bridgehead atoms. The van der Waals surface area contributed by atoms with Crippen molar-refractivity contribution < 1.29 is 0 Å². The Balaban J connectivity index is 1.79. The summed E-state index contributed by atoms with van der Waals surface area (Å²) in [5, 5.41) is 0. The Hall–Kier alpha value is -2.42. The standard InChI is InChI=1S/C15H13N3/c1-2-4-14(5-3-1)18-11-8-15(17-12-18)13-6-9-16-10-7-13/h1-11H,12H2. The van der Waals surface area contributed by atoms with Crippen LogP contribution in [-0.2, 0) is 0 Å². The largest absolute Gasteiger partial charge is 0.328 e. The van der Waals surface area contributed by atoms with Crippen LogP contribution in [0.15, 0.2) is 72.1 Å². The molecule has 2 aromatic rings. The molecule has 0 saturated heterocycles. The van der Waals surface area contributed by atoms with Gasteiger partial charge in [-0.05, 0) is 30.3 Å². The lowest BCUT2D eigenvalue weighted by molar-refractivity contribution is 0.963. The molecule has 1 aromatic heterocycles. The summed E-state index contributed by atoms with van der Waals surface area (Å²) in [6.45, 7) is 0.651. The summed E-state index contributed by atoms with van der Waals surface area (Å²) in [6.07, 6.45) is 7.68. The second kappa shape index (κ2) is 4.84. The molecule has 1 aliphatic heterocycles. The first-order valence-electron chi connectivity index (χ1n) is 5.88. The summed E-state index contributed by atoms with van der Waals surface area (Å²) in [7, 11) is 0. The van der Waals surface area contributed by atoms with Crippen LogP contribution in [0.5, 0.6) is 0 Å². The van der Waals surface area contributed by atoms with Gasteiger partial charge in [-0.3, -0.25) is 9.98 Å². The zero-order chi connectivity index (χ0) is 12.2. The first-order valence-corrected chi connectivity index (χ1v) is 5.88. The average Bonchev–Trinajstić information content (AvgIpc) is 2.49. The number of rotatable bonds is 2. The minimum Gasteiger partial charge on any atom is -0.328 e. The van der Waals surface area contributed by atoms with Crippen molar-refractivity contribution in [2.75, 3.05) is 11.6 Å². The van der Waals surface area contributed by atoms with Gasteiger partial charge in [0.15, 0.2) is 0 Å². The molecule has 1 aromatic carbocycles. The number of benzene rings is 1. The highest BCUT2D eigenvalue weighted by molar-refractivity contribution is 6.09. The van der Waals surface area contributed by atoms with Crippen LogP contribution < -0.4 is 4.90 Å². The number of allylic oxidation sites excluding steroid dienone is 1. The lowest BCUT2D eigenvalue weighted by Gasteiger charge is -2.22. The summed E-state index contributed by atoms with van der Waals surface area (Å²) in [5.41, 5.74) is 3.27. The van der Waals surface area contributed by atoms with Crippen molar-refractivity contribution >= 4 is 11.4 Å². The van der Waals surface area contributed by atoms with E-state index in [2.05, 4.69) is 33.2 Å². The second-order valence-corrected chi connectivity index (χ2v) is 4.04. The summed E-state index contributed by atoms with van der Waals surface area (Å²) in [5.74, 6) is 0. The number of aromatic nitrogens is 1. The molecule has 0 saturated carbocycles. The van der Waals surface area contributed by atoms with Crippen molar-refractivity contribution in [2.45, 2.75) is 0 Å². The quantitative estimate of drug-likeness (QED) is 0.800. The van der Waals surface area contributed by atoms with Crippen LogP contribution >= 0.6 is 0 Å². The van der Waals surface area contributed by atoms with Gasteiger partial charge in [-0.25, -0.2) is 0 Å². The van der Waals surface area contributed by atoms with E-state index in [-0.39, 0.29) is 0 Å². The highest BCUT2D eigenvalue weighted by Gasteiger charge is 2.08. The van der Waals surface area contributed by atoms with Gasteiger partial charge in [0, 0.05) is 29.8 Å². The first-order chi connectivity index (χ1) is 8.93. The number of para-hydroxylation sites is 1. The smallest absolute Gasteiger partial charge is 0.115 e. The average molecular weight is 235 g/mol. The number of hydrogen-bond donors (Lipinski definition) is 0. The fourth-order valence-electron chi connectivity index (χ4n) is 1.91. The molecule has 0 fully saturated rings. The molecule has 2 heterocycles. The number of anilines is 1. The lowest BCUT2D eigenvalue weighted by atomic mass is 10.1. The fourth-order valence-corrected chi connectivity index (χ4v) is 1.91. The van der Waals surface area contributed by atoms with E-state index in [4.69, 9.17) is 0 Å². The molecular formula is C15H13N3. The predicted molar refractivity (Wildman–Crippen MR) is 73.7 cm³/mol. The normalized spacial score (nSPS) is 14.4. The van der Waals surface area contributed by atoms with Crippen LogP contribution in [0.3, 0.4) is 0 Å². The number of pyridine rings is 1. The van der Waals surface area contributed by atoms with Crippen molar-refractivity contribution in [3.05, 3.63) is 72.7 Å². The van der Waals surface area contributed by atoms with Crippen molar-refractivity contribution in [2.24, 2.45) is 4.99 Å². The van der Waals surface area contributed by atoms with Gasteiger partial charge in [-0.2, -0.15) is 0 Å². The van der Waals surface area contributed by atoms with Crippen molar-refractivity contribution in [3.8, 4) is 0 Å². The molecule has 3 nitrogen and oxygen atoms in total. The van der Waals surface area contributed by atoms with Crippen LogP contribution in [0.25, 0.3) is 0 Å². The van der Waals surface area contributed by atoms with Crippen molar-refractivity contribution in [3.63, 3.8) is 0 Å². The van der Waals surface area contributed by atoms with Gasteiger partial charge in [-0.1, -0.05) is 18.2 Å². The SMILES string of the molecule is C1=CN(c2ccccc2)CN=C1c1ccncc1. The zero-order valence-electron chi connectivity index (χ0n) is 9.90. The molecule has 3 heteroatoms. The zero-order valence-corrected chi connectivity index (χ0v) is 9.90. The van der Waals surface area contributed by atoms with Gasteiger partial charge in [0.25, 0.3) is 0 Å². The Morgan fingerprint density at radius 1 is 0.944 bits per heavy atom. The lowest BCUT2D eigenvalue weighted by Crippen LogP contribution is -2.21. The Morgan fingerprint density at radius 2 is 1.72 bits per heavy atom. The van der Waals surface area contributed by atoms with Crippen LogP contribution in [-0.4, -0.2) is 17.4 Å². The van der Waals surface area contributed by atoms with E-state index in [0.29, 0.717) is 6.67 Å². The highest BCUT2D eigenvalue weighted by Crippen LogP contribution is 2.16. The third kappa shape index (κ3) is 2.15. The minimum atomic E-state index is 0.651. The molecule has 18 heavy (non-hydrogen) atoms. The highest BCUT2D eigenvalue weighted by atomic mass is 15.2. The maximum absolute atomic E-state index is 4.59. The third-order valence-electron chi connectivity index (χ3n) is 2.87. The molecule has 88 valence electrons. The third-order valence-corrected chi connectivity index (χ3v) is 2.87. The van der Waals surface area contributed by atoms with E-state index >= 15 is 0 Å². The monoisotopic (exact) mass is 235 g/mol. The summed E-state index contributed by atoms with van der Waals surface area (Å²) < 4.78 is 0. The predicted octanol–water partition coefficient (Wildman–Crippen LogP) is 2.86. The topological polar surface area (TPSA) is 28.5 Å². The fraction of sp³-hybridized carbons (Fsp3) is 0.0667. The molecule has 0 N–H and O–H groups in total. The van der Waals surface area contributed by atoms with Gasteiger partial charge in [0.2, 0.25) is 0 Å². The molecule has 3 rings (SSSR count). The van der Waals surface area contributed by atoms with Crippen molar-refractivity contribution in [1.29, 1.82) is 0 Å². The Kier molecular flexibility index (Phi) is 2.88. The molecule has 0 radical (unpaired) electrons.